The van der Waals surface area contributed by atoms with Gasteiger partial charge < -0.3 is 31.0 Å². The van der Waals surface area contributed by atoms with E-state index < -0.39 is 24.0 Å². The molecule has 0 radical (unpaired) electrons. The minimum absolute atomic E-state index is 0.0178. The van der Waals surface area contributed by atoms with Gasteiger partial charge >= 0.3 is 11.9 Å². The van der Waals surface area contributed by atoms with Gasteiger partial charge in [-0.05, 0) is 41.8 Å². The second kappa shape index (κ2) is 8.88. The zero-order valence-corrected chi connectivity index (χ0v) is 14.2. The van der Waals surface area contributed by atoms with Crippen LogP contribution in [0.5, 0.6) is 17.2 Å². The molecule has 9 heteroatoms. The van der Waals surface area contributed by atoms with Crippen molar-refractivity contribution in [2.45, 2.75) is 24.9 Å². The highest BCUT2D eigenvalue weighted by atomic mass is 16.7. The smallest absolute Gasteiger partial charge is 0.341 e. The van der Waals surface area contributed by atoms with Gasteiger partial charge in [0.15, 0.2) is 11.5 Å². The summed E-state index contributed by atoms with van der Waals surface area (Å²) in [7, 11) is 0. The Hall–Kier alpha value is -3.30. The Labute approximate surface area is 154 Å². The molecule has 0 aliphatic rings. The topological polar surface area (TPSA) is 162 Å². The van der Waals surface area contributed by atoms with Crippen molar-refractivity contribution in [3.63, 3.8) is 0 Å². The molecule has 2 atom stereocenters. The second-order valence-corrected chi connectivity index (χ2v) is 5.93. The Bertz CT molecular complexity index is 808. The van der Waals surface area contributed by atoms with Crippen molar-refractivity contribution in [1.82, 2.24) is 5.48 Å². The van der Waals surface area contributed by atoms with Crippen molar-refractivity contribution in [3.05, 3.63) is 53.6 Å². The highest BCUT2D eigenvalue weighted by Crippen LogP contribution is 2.25. The summed E-state index contributed by atoms with van der Waals surface area (Å²) in [5, 5.41) is 37.2. The number of nitrogens with two attached hydrogens (primary N) is 1. The lowest BCUT2D eigenvalue weighted by molar-refractivity contribution is -0.159. The lowest BCUT2D eigenvalue weighted by atomic mass is 10.1. The summed E-state index contributed by atoms with van der Waals surface area (Å²) in [4.78, 5) is 28.1. The lowest BCUT2D eigenvalue weighted by Crippen LogP contribution is -2.44. The molecular formula is C18H20N2O7. The predicted octanol–water partition coefficient (Wildman–Crippen LogP) is 0.417. The van der Waals surface area contributed by atoms with Gasteiger partial charge in [-0.25, -0.2) is 4.79 Å². The number of carbonyl (C=O) groups excluding carboxylic acids is 1. The first-order chi connectivity index (χ1) is 12.8. The van der Waals surface area contributed by atoms with Crippen LogP contribution in [0.15, 0.2) is 42.5 Å². The van der Waals surface area contributed by atoms with Crippen molar-refractivity contribution in [2.24, 2.45) is 5.73 Å². The summed E-state index contributed by atoms with van der Waals surface area (Å²) in [6.07, 6.45) is 0.0357. The zero-order valence-electron chi connectivity index (χ0n) is 14.2. The monoisotopic (exact) mass is 376 g/mol. The van der Waals surface area contributed by atoms with E-state index in [1.807, 2.05) is 0 Å². The maximum atomic E-state index is 12.0. The SMILES string of the molecule is N[C@@H](Cc1ccc(O)c(O)c1)C(=O)ON[C@@H](Cc1ccc(O)cc1)C(=O)O. The molecule has 0 saturated carbocycles. The Balaban J connectivity index is 1.91. The molecular weight excluding hydrogens is 356 g/mol. The molecule has 27 heavy (non-hydrogen) atoms. The predicted molar refractivity (Wildman–Crippen MR) is 93.9 cm³/mol. The minimum atomic E-state index is -1.23. The number of hydrogen-bond acceptors (Lipinski definition) is 8. The summed E-state index contributed by atoms with van der Waals surface area (Å²) in [5.74, 6) is -2.69. The first kappa shape index (κ1) is 20.0. The van der Waals surface area contributed by atoms with Crippen LogP contribution in [0.2, 0.25) is 0 Å². The Morgan fingerprint density at radius 2 is 1.59 bits per heavy atom. The number of carboxylic acid groups (broad SMARTS) is 1. The molecule has 0 saturated heterocycles. The summed E-state index contributed by atoms with van der Waals surface area (Å²) >= 11 is 0. The standard InChI is InChI=1S/C18H20N2O7/c19-13(7-11-3-6-15(22)16(23)9-11)18(26)27-20-14(17(24)25)8-10-1-4-12(21)5-2-10/h1-6,9,13-14,20-23H,7-8,19H2,(H,24,25)/t13-,14-/m0/s1. The summed E-state index contributed by atoms with van der Waals surface area (Å²) < 4.78 is 0. The van der Waals surface area contributed by atoms with Crippen LogP contribution >= 0.6 is 0 Å². The van der Waals surface area contributed by atoms with E-state index >= 15 is 0 Å². The zero-order chi connectivity index (χ0) is 20.0. The van der Waals surface area contributed by atoms with E-state index in [2.05, 4.69) is 5.48 Å². The maximum absolute atomic E-state index is 12.0. The minimum Gasteiger partial charge on any atom is -0.508 e. The van der Waals surface area contributed by atoms with E-state index in [0.717, 1.165) is 0 Å². The number of nitrogens with one attached hydrogen (secondary N) is 1. The molecule has 0 unspecified atom stereocenters. The van der Waals surface area contributed by atoms with Crippen molar-refractivity contribution in [2.75, 3.05) is 0 Å². The quantitative estimate of drug-likeness (QED) is 0.283. The highest BCUT2D eigenvalue weighted by molar-refractivity contribution is 5.77. The molecule has 2 aromatic rings. The molecule has 0 aliphatic carbocycles. The average Bonchev–Trinajstić information content (AvgIpc) is 2.62. The van der Waals surface area contributed by atoms with Crippen LogP contribution in [0, 0.1) is 0 Å². The number of benzene rings is 2. The number of phenolic OH excluding ortho intramolecular Hbond substituents is 3. The van der Waals surface area contributed by atoms with Gasteiger partial charge in [0.2, 0.25) is 0 Å². The second-order valence-electron chi connectivity index (χ2n) is 5.93. The number of hydrogen-bond donors (Lipinski definition) is 6. The van der Waals surface area contributed by atoms with E-state index in [4.69, 9.17) is 10.6 Å². The van der Waals surface area contributed by atoms with Gasteiger partial charge in [0, 0.05) is 6.42 Å². The number of hydroxylamine groups is 1. The van der Waals surface area contributed by atoms with Crippen LogP contribution < -0.4 is 11.2 Å². The van der Waals surface area contributed by atoms with Crippen molar-refractivity contribution in [1.29, 1.82) is 0 Å². The third-order valence-electron chi connectivity index (χ3n) is 3.77. The Morgan fingerprint density at radius 3 is 2.19 bits per heavy atom. The van der Waals surface area contributed by atoms with Gasteiger partial charge in [0.05, 0.1) is 0 Å². The van der Waals surface area contributed by atoms with Crippen molar-refractivity contribution >= 4 is 11.9 Å². The van der Waals surface area contributed by atoms with Crippen LogP contribution in [-0.4, -0.2) is 44.4 Å². The number of phenols is 3. The normalized spacial score (nSPS) is 12.9. The molecule has 0 aromatic heterocycles. The number of carbonyl (C=O) groups is 2. The molecule has 0 aliphatic heterocycles. The number of carboxylic acids is 1. The van der Waals surface area contributed by atoms with Gasteiger partial charge in [-0.1, -0.05) is 18.2 Å². The molecule has 9 nitrogen and oxygen atoms in total. The fourth-order valence-electron chi connectivity index (χ4n) is 2.29. The summed E-state index contributed by atoms with van der Waals surface area (Å²) in [5.41, 5.74) is 9.04. The van der Waals surface area contributed by atoms with Crippen LogP contribution in [0.25, 0.3) is 0 Å². The molecule has 0 heterocycles. The lowest BCUT2D eigenvalue weighted by Gasteiger charge is -2.16. The van der Waals surface area contributed by atoms with Crippen molar-refractivity contribution in [3.8, 4) is 17.2 Å². The molecule has 0 amide bonds. The Kier molecular flexibility index (Phi) is 6.58. The number of rotatable bonds is 8. The van der Waals surface area contributed by atoms with Gasteiger partial charge in [-0.3, -0.25) is 4.79 Å². The van der Waals surface area contributed by atoms with Crippen LogP contribution in [-0.2, 0) is 27.3 Å². The van der Waals surface area contributed by atoms with Gasteiger partial charge in [0.1, 0.15) is 17.8 Å². The number of aromatic hydroxyl groups is 3. The molecule has 2 rings (SSSR count). The van der Waals surface area contributed by atoms with Crippen molar-refractivity contribution < 1.29 is 34.9 Å². The van der Waals surface area contributed by atoms with Gasteiger partial charge in [0.25, 0.3) is 0 Å². The summed E-state index contributed by atoms with van der Waals surface area (Å²) in [6.45, 7) is 0. The average molecular weight is 376 g/mol. The molecule has 144 valence electrons. The van der Waals surface area contributed by atoms with E-state index in [1.165, 1.54) is 30.3 Å². The maximum Gasteiger partial charge on any atom is 0.341 e. The fourth-order valence-corrected chi connectivity index (χ4v) is 2.29. The molecule has 0 bridgehead atoms. The van der Waals surface area contributed by atoms with E-state index in [9.17, 15) is 30.0 Å². The van der Waals surface area contributed by atoms with Gasteiger partial charge in [-0.15, -0.1) is 5.48 Å². The van der Waals surface area contributed by atoms with E-state index in [1.54, 1.807) is 12.1 Å². The molecule has 0 spiro atoms. The van der Waals surface area contributed by atoms with E-state index in [0.29, 0.717) is 11.1 Å². The van der Waals surface area contributed by atoms with E-state index in [-0.39, 0.29) is 30.1 Å². The molecule has 0 fully saturated rings. The number of aliphatic carboxylic acids is 1. The molecule has 2 aromatic carbocycles. The third kappa shape index (κ3) is 5.87. The van der Waals surface area contributed by atoms with Gasteiger partial charge in [-0.2, -0.15) is 0 Å². The van der Waals surface area contributed by atoms with Crippen LogP contribution in [0.4, 0.5) is 0 Å². The first-order valence-corrected chi connectivity index (χ1v) is 7.99. The van der Waals surface area contributed by atoms with Crippen LogP contribution in [0.3, 0.4) is 0 Å². The van der Waals surface area contributed by atoms with Crippen LogP contribution in [0.1, 0.15) is 11.1 Å². The molecule has 7 N–H and O–H groups in total. The largest absolute Gasteiger partial charge is 0.508 e. The first-order valence-electron chi connectivity index (χ1n) is 7.99. The third-order valence-corrected chi connectivity index (χ3v) is 3.77. The highest BCUT2D eigenvalue weighted by Gasteiger charge is 2.23. The summed E-state index contributed by atoms with van der Waals surface area (Å²) in [6, 6.07) is 7.65. The Morgan fingerprint density at radius 1 is 0.963 bits per heavy atom. The fraction of sp³-hybridized carbons (Fsp3) is 0.222.